The Morgan fingerprint density at radius 3 is 2.37 bits per heavy atom. The average molecular weight is 364 g/mol. The molecule has 0 bridgehead atoms. The molecule has 0 saturated carbocycles. The molecule has 0 radical (unpaired) electrons. The summed E-state index contributed by atoms with van der Waals surface area (Å²) in [6.45, 7) is 6.18. The predicted octanol–water partition coefficient (Wildman–Crippen LogP) is 3.43. The Morgan fingerprint density at radius 1 is 1.15 bits per heavy atom. The number of nitrogens with zero attached hydrogens (tertiary/aromatic N) is 1. The number of likely N-dealkylation sites (N-methyl/N-ethyl adjacent to an activating group) is 1. The number of aliphatic hydroxyl groups is 1. The van der Waals surface area contributed by atoms with Crippen molar-refractivity contribution in [3.63, 3.8) is 0 Å². The first-order valence-electron chi connectivity index (χ1n) is 8.94. The highest BCUT2D eigenvalue weighted by Gasteiger charge is 2.32. The molecule has 5 nitrogen and oxygen atoms in total. The van der Waals surface area contributed by atoms with Crippen molar-refractivity contribution < 1.29 is 14.7 Å². The first-order chi connectivity index (χ1) is 12.8. The standard InChI is InChI=1S/C22H24N2O3/c1-13-7-5-8-14(2)19(13)17-10-6-9-16(11-17)15(3)23-21(26)18-12-24(4)22(27)20(18)25/h5-11,15,25H,12H2,1-4H3,(H,23,26). The van der Waals surface area contributed by atoms with Crippen LogP contribution in [0.3, 0.4) is 0 Å². The van der Waals surface area contributed by atoms with Gasteiger partial charge in [-0.2, -0.15) is 0 Å². The minimum atomic E-state index is -0.523. The summed E-state index contributed by atoms with van der Waals surface area (Å²) in [5.41, 5.74) is 5.77. The smallest absolute Gasteiger partial charge is 0.289 e. The maximum absolute atomic E-state index is 12.5. The normalized spacial score (nSPS) is 15.3. The highest BCUT2D eigenvalue weighted by molar-refractivity contribution is 6.06. The van der Waals surface area contributed by atoms with Crippen molar-refractivity contribution in [1.29, 1.82) is 0 Å². The van der Waals surface area contributed by atoms with Crippen LogP contribution in [0, 0.1) is 13.8 Å². The van der Waals surface area contributed by atoms with Gasteiger partial charge in [-0.15, -0.1) is 0 Å². The van der Waals surface area contributed by atoms with E-state index >= 15 is 0 Å². The molecule has 2 amide bonds. The summed E-state index contributed by atoms with van der Waals surface area (Å²) in [6, 6.07) is 14.0. The molecule has 0 fully saturated rings. The van der Waals surface area contributed by atoms with Gasteiger partial charge in [0.2, 0.25) is 0 Å². The Hall–Kier alpha value is -3.08. The molecule has 0 aliphatic carbocycles. The summed E-state index contributed by atoms with van der Waals surface area (Å²) in [4.78, 5) is 25.5. The number of aryl methyl sites for hydroxylation is 2. The van der Waals surface area contributed by atoms with Crippen molar-refractivity contribution >= 4 is 11.8 Å². The van der Waals surface area contributed by atoms with E-state index in [0.717, 1.165) is 11.1 Å². The molecule has 1 aliphatic heterocycles. The van der Waals surface area contributed by atoms with Crippen LogP contribution < -0.4 is 5.32 Å². The van der Waals surface area contributed by atoms with Crippen molar-refractivity contribution in [2.75, 3.05) is 13.6 Å². The molecule has 2 N–H and O–H groups in total. The van der Waals surface area contributed by atoms with Gasteiger partial charge in [0, 0.05) is 7.05 Å². The zero-order valence-corrected chi connectivity index (χ0v) is 16.0. The third-order valence-electron chi connectivity index (χ3n) is 5.01. The molecule has 1 atom stereocenters. The van der Waals surface area contributed by atoms with Crippen molar-refractivity contribution in [2.45, 2.75) is 26.8 Å². The first-order valence-corrected chi connectivity index (χ1v) is 8.94. The summed E-state index contributed by atoms with van der Waals surface area (Å²) in [7, 11) is 1.55. The quantitative estimate of drug-likeness (QED) is 0.873. The van der Waals surface area contributed by atoms with E-state index in [-0.39, 0.29) is 18.2 Å². The van der Waals surface area contributed by atoms with Crippen LogP contribution in [0.15, 0.2) is 53.8 Å². The molecule has 140 valence electrons. The summed E-state index contributed by atoms with van der Waals surface area (Å²) in [5.74, 6) is -1.41. The van der Waals surface area contributed by atoms with Gasteiger partial charge in [0.25, 0.3) is 11.8 Å². The van der Waals surface area contributed by atoms with Crippen LogP contribution in [0.5, 0.6) is 0 Å². The third kappa shape index (κ3) is 3.58. The molecule has 1 heterocycles. The minimum absolute atomic E-state index is 0.111. The van der Waals surface area contributed by atoms with E-state index in [9.17, 15) is 14.7 Å². The molecular weight excluding hydrogens is 340 g/mol. The van der Waals surface area contributed by atoms with Gasteiger partial charge in [-0.3, -0.25) is 9.59 Å². The Bertz CT molecular complexity index is 926. The van der Waals surface area contributed by atoms with E-state index in [1.54, 1.807) is 7.05 Å². The Labute approximate surface area is 159 Å². The highest BCUT2D eigenvalue weighted by Crippen LogP contribution is 2.29. The first kappa shape index (κ1) is 18.7. The third-order valence-corrected chi connectivity index (χ3v) is 5.01. The Kier molecular flexibility index (Phi) is 5.04. The van der Waals surface area contributed by atoms with E-state index in [0.29, 0.717) is 0 Å². The van der Waals surface area contributed by atoms with E-state index in [4.69, 9.17) is 0 Å². The molecule has 3 rings (SSSR count). The molecule has 5 heteroatoms. The van der Waals surface area contributed by atoms with Gasteiger partial charge in [0.05, 0.1) is 18.2 Å². The lowest BCUT2D eigenvalue weighted by molar-refractivity contribution is -0.126. The zero-order valence-electron chi connectivity index (χ0n) is 16.0. The van der Waals surface area contributed by atoms with E-state index in [1.165, 1.54) is 21.6 Å². The van der Waals surface area contributed by atoms with Crippen LogP contribution in [0.4, 0.5) is 0 Å². The second kappa shape index (κ2) is 7.27. The molecule has 2 aromatic carbocycles. The number of benzene rings is 2. The Balaban J connectivity index is 1.83. The van der Waals surface area contributed by atoms with Crippen molar-refractivity contribution in [3.05, 3.63) is 70.5 Å². The average Bonchev–Trinajstić information content (AvgIpc) is 2.89. The molecule has 27 heavy (non-hydrogen) atoms. The van der Waals surface area contributed by atoms with Gasteiger partial charge < -0.3 is 15.3 Å². The summed E-state index contributed by atoms with van der Waals surface area (Å²) in [6.07, 6.45) is 0. The number of carbonyl (C=O) groups excluding carboxylic acids is 2. The lowest BCUT2D eigenvalue weighted by atomic mass is 9.93. The molecule has 2 aromatic rings. The van der Waals surface area contributed by atoms with Crippen LogP contribution in [-0.2, 0) is 9.59 Å². The molecule has 0 aromatic heterocycles. The number of hydrogen-bond acceptors (Lipinski definition) is 3. The number of carbonyl (C=O) groups is 2. The number of hydrogen-bond donors (Lipinski definition) is 2. The SMILES string of the molecule is Cc1cccc(C)c1-c1cccc(C(C)NC(=O)C2=C(O)C(=O)N(C)C2)c1. The summed E-state index contributed by atoms with van der Waals surface area (Å²) in [5, 5.41) is 12.7. The zero-order chi connectivity index (χ0) is 19.7. The van der Waals surface area contributed by atoms with Crippen LogP contribution in [-0.4, -0.2) is 35.4 Å². The van der Waals surface area contributed by atoms with E-state index < -0.39 is 17.6 Å². The van der Waals surface area contributed by atoms with Crippen molar-refractivity contribution in [1.82, 2.24) is 10.2 Å². The van der Waals surface area contributed by atoms with Gasteiger partial charge in [-0.1, -0.05) is 36.4 Å². The van der Waals surface area contributed by atoms with E-state index in [2.05, 4.69) is 43.4 Å². The fraction of sp³-hybridized carbons (Fsp3) is 0.273. The number of rotatable bonds is 4. The van der Waals surface area contributed by atoms with E-state index in [1.807, 2.05) is 25.1 Å². The van der Waals surface area contributed by atoms with Crippen molar-refractivity contribution in [2.24, 2.45) is 0 Å². The monoisotopic (exact) mass is 364 g/mol. The van der Waals surface area contributed by atoms with Gasteiger partial charge in [0.15, 0.2) is 5.76 Å². The fourth-order valence-corrected chi connectivity index (χ4v) is 3.47. The van der Waals surface area contributed by atoms with Crippen LogP contribution in [0.2, 0.25) is 0 Å². The highest BCUT2D eigenvalue weighted by atomic mass is 16.3. The topological polar surface area (TPSA) is 69.6 Å². The largest absolute Gasteiger partial charge is 0.503 e. The van der Waals surface area contributed by atoms with Gasteiger partial charge in [0.1, 0.15) is 0 Å². The molecule has 0 saturated heterocycles. The van der Waals surface area contributed by atoms with Gasteiger partial charge in [-0.25, -0.2) is 0 Å². The molecule has 1 unspecified atom stereocenters. The second-order valence-corrected chi connectivity index (χ2v) is 7.08. The number of amides is 2. The summed E-state index contributed by atoms with van der Waals surface area (Å²) < 4.78 is 0. The Morgan fingerprint density at radius 2 is 1.78 bits per heavy atom. The lowest BCUT2D eigenvalue weighted by Crippen LogP contribution is -2.30. The fourth-order valence-electron chi connectivity index (χ4n) is 3.47. The van der Waals surface area contributed by atoms with Gasteiger partial charge >= 0.3 is 0 Å². The van der Waals surface area contributed by atoms with Crippen LogP contribution in [0.25, 0.3) is 11.1 Å². The minimum Gasteiger partial charge on any atom is -0.503 e. The summed E-state index contributed by atoms with van der Waals surface area (Å²) >= 11 is 0. The predicted molar refractivity (Wildman–Crippen MR) is 105 cm³/mol. The number of nitrogens with one attached hydrogen (secondary N) is 1. The van der Waals surface area contributed by atoms with Crippen LogP contribution in [0.1, 0.15) is 29.7 Å². The lowest BCUT2D eigenvalue weighted by Gasteiger charge is -2.17. The van der Waals surface area contributed by atoms with Crippen molar-refractivity contribution in [3.8, 4) is 11.1 Å². The number of aliphatic hydroxyl groups excluding tert-OH is 1. The molecule has 1 aliphatic rings. The van der Waals surface area contributed by atoms with Crippen LogP contribution >= 0.6 is 0 Å². The molecule has 0 spiro atoms. The second-order valence-electron chi connectivity index (χ2n) is 7.08. The molecular formula is C22H24N2O3. The van der Waals surface area contributed by atoms with Gasteiger partial charge in [-0.05, 0) is 54.7 Å². The maximum Gasteiger partial charge on any atom is 0.289 e. The maximum atomic E-state index is 12.5.